The van der Waals surface area contributed by atoms with Crippen LogP contribution in [-0.2, 0) is 22.6 Å². The fourth-order valence-electron chi connectivity index (χ4n) is 5.22. The normalized spacial score (nSPS) is 19.2. The van der Waals surface area contributed by atoms with Gasteiger partial charge < -0.3 is 19.3 Å². The maximum absolute atomic E-state index is 13.5. The maximum atomic E-state index is 13.5. The highest BCUT2D eigenvalue weighted by atomic mass is 32.1. The molecule has 0 saturated carbocycles. The van der Waals surface area contributed by atoms with Crippen molar-refractivity contribution in [3.05, 3.63) is 106 Å². The Hall–Kier alpha value is -4.63. The third-order valence-electron chi connectivity index (χ3n) is 7.06. The molecule has 1 saturated heterocycles. The zero-order valence-electron chi connectivity index (χ0n) is 22.6. The number of aliphatic hydroxyl groups is 1. The highest BCUT2D eigenvalue weighted by Crippen LogP contribution is 2.45. The van der Waals surface area contributed by atoms with Gasteiger partial charge in [-0.15, -0.1) is 11.3 Å². The average Bonchev–Trinajstić information content (AvgIpc) is 3.70. The molecule has 2 unspecified atom stereocenters. The highest BCUT2D eigenvalue weighted by Gasteiger charge is 2.48. The molecule has 0 aliphatic carbocycles. The first-order valence-electron chi connectivity index (χ1n) is 13.4. The highest BCUT2D eigenvalue weighted by molar-refractivity contribution is 7.14. The third kappa shape index (κ3) is 5.04. The number of thiazole rings is 1. The summed E-state index contributed by atoms with van der Waals surface area (Å²) in [7, 11) is 0. The summed E-state index contributed by atoms with van der Waals surface area (Å²) in [4.78, 5) is 32.6. The number of rotatable bonds is 8. The number of fused-ring (bicyclic) bond motifs is 1. The van der Waals surface area contributed by atoms with E-state index < -0.39 is 17.7 Å². The number of nitrogens with zero attached hydrogens (tertiary/aromatic N) is 2. The molecule has 0 spiro atoms. The number of Topliss-reactive ketones (excluding diaryl/α,β-unsaturated/α-hetero) is 1. The first-order chi connectivity index (χ1) is 19.9. The molecule has 3 aromatic carbocycles. The van der Waals surface area contributed by atoms with Gasteiger partial charge in [0, 0.05) is 23.6 Å². The summed E-state index contributed by atoms with van der Waals surface area (Å²) in [6.07, 6.45) is 2.29. The SMILES string of the molecule is CCOc1cc(C2C(=C(O)c3ccc4c(c3)CC(C)O4)C(=O)C(=O)N2c2nccs2)ccc1OCc1ccccc1. The molecule has 2 aliphatic heterocycles. The van der Waals surface area contributed by atoms with Gasteiger partial charge >= 0.3 is 5.91 Å². The van der Waals surface area contributed by atoms with Crippen molar-refractivity contribution < 1.29 is 28.9 Å². The van der Waals surface area contributed by atoms with E-state index in [-0.39, 0.29) is 17.4 Å². The van der Waals surface area contributed by atoms with E-state index in [0.29, 0.717) is 47.4 Å². The van der Waals surface area contributed by atoms with E-state index in [1.54, 1.807) is 41.9 Å². The Balaban J connectivity index is 1.44. The van der Waals surface area contributed by atoms with E-state index in [1.165, 1.54) is 16.2 Å². The van der Waals surface area contributed by atoms with Crippen LogP contribution < -0.4 is 19.1 Å². The van der Waals surface area contributed by atoms with Crippen LogP contribution in [0.25, 0.3) is 5.76 Å². The lowest BCUT2D eigenvalue weighted by atomic mass is 9.94. The Bertz CT molecular complexity index is 1630. The molecule has 6 rings (SSSR count). The second-order valence-electron chi connectivity index (χ2n) is 9.85. The van der Waals surface area contributed by atoms with Crippen LogP contribution in [0.4, 0.5) is 5.13 Å². The molecule has 0 bridgehead atoms. The lowest BCUT2D eigenvalue weighted by Gasteiger charge is -2.24. The Morgan fingerprint density at radius 3 is 2.66 bits per heavy atom. The number of aromatic nitrogens is 1. The number of aliphatic hydroxyl groups excluding tert-OH is 1. The van der Waals surface area contributed by atoms with Crippen molar-refractivity contribution >= 4 is 33.9 Å². The van der Waals surface area contributed by atoms with Crippen LogP contribution in [-0.4, -0.2) is 34.5 Å². The van der Waals surface area contributed by atoms with Gasteiger partial charge in [-0.1, -0.05) is 36.4 Å². The fraction of sp³-hybridized carbons (Fsp3) is 0.219. The van der Waals surface area contributed by atoms with E-state index in [0.717, 1.165) is 16.9 Å². The van der Waals surface area contributed by atoms with E-state index in [4.69, 9.17) is 14.2 Å². The largest absolute Gasteiger partial charge is 0.507 e. The number of carbonyl (C=O) groups is 2. The minimum absolute atomic E-state index is 0.0162. The molecule has 3 heterocycles. The van der Waals surface area contributed by atoms with Gasteiger partial charge in [-0.05, 0) is 60.9 Å². The predicted molar refractivity (Wildman–Crippen MR) is 156 cm³/mol. The van der Waals surface area contributed by atoms with Gasteiger partial charge in [0.15, 0.2) is 16.6 Å². The summed E-state index contributed by atoms with van der Waals surface area (Å²) in [5, 5.41) is 13.6. The van der Waals surface area contributed by atoms with Crippen LogP contribution in [0.3, 0.4) is 0 Å². The second-order valence-corrected chi connectivity index (χ2v) is 10.7. The maximum Gasteiger partial charge on any atom is 0.301 e. The summed E-state index contributed by atoms with van der Waals surface area (Å²) >= 11 is 1.24. The summed E-state index contributed by atoms with van der Waals surface area (Å²) in [5.41, 5.74) is 2.94. The van der Waals surface area contributed by atoms with Crippen molar-refractivity contribution in [1.29, 1.82) is 0 Å². The van der Waals surface area contributed by atoms with Crippen molar-refractivity contribution in [1.82, 2.24) is 4.98 Å². The quantitative estimate of drug-likeness (QED) is 0.157. The molecule has 9 heteroatoms. The van der Waals surface area contributed by atoms with E-state index in [2.05, 4.69) is 4.98 Å². The molecule has 1 aromatic heterocycles. The molecule has 2 atom stereocenters. The van der Waals surface area contributed by atoms with Crippen LogP contribution in [0, 0.1) is 0 Å². The van der Waals surface area contributed by atoms with Gasteiger partial charge in [-0.2, -0.15) is 0 Å². The van der Waals surface area contributed by atoms with E-state index in [9.17, 15) is 14.7 Å². The van der Waals surface area contributed by atoms with E-state index >= 15 is 0 Å². The number of benzene rings is 3. The number of amides is 1. The van der Waals surface area contributed by atoms with Crippen LogP contribution >= 0.6 is 11.3 Å². The van der Waals surface area contributed by atoms with Crippen LogP contribution in [0.2, 0.25) is 0 Å². The molecule has 1 N–H and O–H groups in total. The molecule has 208 valence electrons. The number of ketones is 1. The topological polar surface area (TPSA) is 98.2 Å². The Kier molecular flexibility index (Phi) is 7.19. The Morgan fingerprint density at radius 2 is 1.90 bits per heavy atom. The number of hydrogen-bond donors (Lipinski definition) is 1. The fourth-order valence-corrected chi connectivity index (χ4v) is 5.89. The number of ether oxygens (including phenoxy) is 3. The zero-order chi connectivity index (χ0) is 28.5. The summed E-state index contributed by atoms with van der Waals surface area (Å²) < 4.78 is 17.8. The van der Waals surface area contributed by atoms with Gasteiger partial charge in [0.1, 0.15) is 24.2 Å². The van der Waals surface area contributed by atoms with Crippen LogP contribution in [0.1, 0.15) is 42.1 Å². The summed E-state index contributed by atoms with van der Waals surface area (Å²) in [6, 6.07) is 19.5. The van der Waals surface area contributed by atoms with E-state index in [1.807, 2.05) is 50.2 Å². The lowest BCUT2D eigenvalue weighted by molar-refractivity contribution is -0.132. The third-order valence-corrected chi connectivity index (χ3v) is 7.83. The van der Waals surface area contributed by atoms with Crippen molar-refractivity contribution in [2.24, 2.45) is 0 Å². The van der Waals surface area contributed by atoms with Gasteiger partial charge in [-0.3, -0.25) is 14.5 Å². The van der Waals surface area contributed by atoms with Crippen molar-refractivity contribution in [3.8, 4) is 17.2 Å². The van der Waals surface area contributed by atoms with Gasteiger partial charge in [0.05, 0.1) is 18.2 Å². The molecule has 8 nitrogen and oxygen atoms in total. The molecule has 1 fully saturated rings. The molecule has 1 amide bonds. The minimum Gasteiger partial charge on any atom is -0.507 e. The average molecular weight is 569 g/mol. The van der Waals surface area contributed by atoms with Crippen molar-refractivity contribution in [2.75, 3.05) is 11.5 Å². The molecule has 4 aromatic rings. The number of carbonyl (C=O) groups excluding carboxylic acids is 2. The minimum atomic E-state index is -0.924. The molecule has 41 heavy (non-hydrogen) atoms. The lowest BCUT2D eigenvalue weighted by Crippen LogP contribution is -2.29. The van der Waals surface area contributed by atoms with Crippen molar-refractivity contribution in [2.45, 2.75) is 39.0 Å². The predicted octanol–water partition coefficient (Wildman–Crippen LogP) is 6.07. The Labute approximate surface area is 241 Å². The molecular weight excluding hydrogens is 540 g/mol. The smallest absolute Gasteiger partial charge is 0.301 e. The monoisotopic (exact) mass is 568 g/mol. The first-order valence-corrected chi connectivity index (χ1v) is 14.3. The van der Waals surface area contributed by atoms with Gasteiger partial charge in [0.25, 0.3) is 5.78 Å². The van der Waals surface area contributed by atoms with Crippen LogP contribution in [0.15, 0.2) is 83.9 Å². The molecule has 2 aliphatic rings. The van der Waals surface area contributed by atoms with Gasteiger partial charge in [-0.25, -0.2) is 4.98 Å². The first kappa shape index (κ1) is 26.6. The molecule has 0 radical (unpaired) electrons. The summed E-state index contributed by atoms with van der Waals surface area (Å²) in [6.45, 7) is 4.57. The van der Waals surface area contributed by atoms with Crippen molar-refractivity contribution in [3.63, 3.8) is 0 Å². The number of anilines is 1. The van der Waals surface area contributed by atoms with Crippen LogP contribution in [0.5, 0.6) is 17.2 Å². The molecular formula is C32H28N2O6S. The Morgan fingerprint density at radius 1 is 1.07 bits per heavy atom. The standard InChI is InChI=1S/C32H28N2O6S/c1-3-38-26-17-21(9-12-25(26)39-18-20-7-5-4-6-8-20)28-27(30(36)31(37)34(28)32-33-13-14-41-32)29(35)22-10-11-24-23(16-22)15-19(2)40-24/h4-14,16-17,19,28,35H,3,15,18H2,1-2H3. The zero-order valence-corrected chi connectivity index (χ0v) is 23.4. The number of hydrogen-bond acceptors (Lipinski definition) is 8. The summed E-state index contributed by atoms with van der Waals surface area (Å²) in [5.74, 6) is -0.0479. The second kappa shape index (κ2) is 11.1. The van der Waals surface area contributed by atoms with Gasteiger partial charge in [0.2, 0.25) is 0 Å².